The Labute approximate surface area is 182 Å². The summed E-state index contributed by atoms with van der Waals surface area (Å²) in [6.07, 6.45) is 4.32. The highest BCUT2D eigenvalue weighted by Crippen LogP contribution is 2.17. The Morgan fingerprint density at radius 1 is 0.931 bits per heavy atom. The van der Waals surface area contributed by atoms with E-state index < -0.39 is 0 Å². The minimum absolute atomic E-state index is 0.00829. The molecular formula is C22H26ClN3O2S. The fourth-order valence-electron chi connectivity index (χ4n) is 2.73. The van der Waals surface area contributed by atoms with Gasteiger partial charge in [-0.25, -0.2) is 0 Å². The van der Waals surface area contributed by atoms with Crippen LogP contribution in [0.3, 0.4) is 0 Å². The third kappa shape index (κ3) is 8.62. The van der Waals surface area contributed by atoms with Gasteiger partial charge in [0.05, 0.1) is 0 Å². The molecule has 154 valence electrons. The van der Waals surface area contributed by atoms with Gasteiger partial charge in [0, 0.05) is 29.2 Å². The van der Waals surface area contributed by atoms with Crippen LogP contribution in [-0.2, 0) is 16.0 Å². The summed E-state index contributed by atoms with van der Waals surface area (Å²) >= 11 is 11.3. The monoisotopic (exact) mass is 431 g/mol. The Hall–Kier alpha value is -2.44. The first-order valence-electron chi connectivity index (χ1n) is 9.72. The van der Waals surface area contributed by atoms with Gasteiger partial charge in [-0.1, -0.05) is 55.6 Å². The molecule has 3 N–H and O–H groups in total. The van der Waals surface area contributed by atoms with E-state index in [-0.39, 0.29) is 23.3 Å². The SMILES string of the molecule is CCCCCC(=O)Nc1cccc(NC(=S)NC(=O)CCc2ccccc2Cl)c1. The molecule has 0 aliphatic carbocycles. The highest BCUT2D eigenvalue weighted by Gasteiger charge is 2.08. The maximum absolute atomic E-state index is 12.1. The number of hydrogen-bond acceptors (Lipinski definition) is 3. The van der Waals surface area contributed by atoms with Crippen molar-refractivity contribution in [3.8, 4) is 0 Å². The zero-order valence-corrected chi connectivity index (χ0v) is 18.0. The summed E-state index contributed by atoms with van der Waals surface area (Å²) in [5.74, 6) is -0.200. The molecule has 0 spiro atoms. The number of rotatable bonds is 9. The quantitative estimate of drug-likeness (QED) is 0.372. The van der Waals surface area contributed by atoms with Crippen molar-refractivity contribution < 1.29 is 9.59 Å². The van der Waals surface area contributed by atoms with Gasteiger partial charge in [-0.15, -0.1) is 0 Å². The van der Waals surface area contributed by atoms with Crippen LogP contribution < -0.4 is 16.0 Å². The molecule has 5 nitrogen and oxygen atoms in total. The van der Waals surface area contributed by atoms with Crippen LogP contribution in [0, 0.1) is 0 Å². The zero-order chi connectivity index (χ0) is 21.1. The van der Waals surface area contributed by atoms with Crippen LogP contribution in [-0.4, -0.2) is 16.9 Å². The van der Waals surface area contributed by atoms with E-state index in [0.717, 1.165) is 24.8 Å². The van der Waals surface area contributed by atoms with Gasteiger partial charge in [-0.3, -0.25) is 9.59 Å². The predicted molar refractivity (Wildman–Crippen MR) is 123 cm³/mol. The molecule has 2 aromatic carbocycles. The van der Waals surface area contributed by atoms with Crippen molar-refractivity contribution in [1.29, 1.82) is 0 Å². The Bertz CT molecular complexity index is 857. The number of carbonyl (C=O) groups is 2. The molecule has 0 atom stereocenters. The standard InChI is InChI=1S/C22H26ClN3O2S/c1-2-3-4-12-20(27)24-17-9-7-10-18(15-17)25-22(29)26-21(28)14-13-16-8-5-6-11-19(16)23/h5-11,15H,2-4,12-14H2,1H3,(H,24,27)(H2,25,26,28,29). The fourth-order valence-corrected chi connectivity index (χ4v) is 3.20. The van der Waals surface area contributed by atoms with E-state index in [4.69, 9.17) is 23.8 Å². The summed E-state index contributed by atoms with van der Waals surface area (Å²) in [6, 6.07) is 14.7. The Balaban J connectivity index is 1.80. The van der Waals surface area contributed by atoms with Gasteiger partial charge in [0.1, 0.15) is 0 Å². The molecule has 29 heavy (non-hydrogen) atoms. The first-order chi connectivity index (χ1) is 14.0. The highest BCUT2D eigenvalue weighted by molar-refractivity contribution is 7.80. The van der Waals surface area contributed by atoms with Crippen molar-refractivity contribution in [2.24, 2.45) is 0 Å². The zero-order valence-electron chi connectivity index (χ0n) is 16.5. The molecule has 0 unspecified atom stereocenters. The van der Waals surface area contributed by atoms with Crippen LogP contribution in [0.2, 0.25) is 5.02 Å². The smallest absolute Gasteiger partial charge is 0.226 e. The Kier molecular flexibility index (Phi) is 9.60. The van der Waals surface area contributed by atoms with Crippen molar-refractivity contribution in [2.45, 2.75) is 45.4 Å². The van der Waals surface area contributed by atoms with Crippen LogP contribution in [0.15, 0.2) is 48.5 Å². The van der Waals surface area contributed by atoms with Crippen LogP contribution in [0.5, 0.6) is 0 Å². The average Bonchev–Trinajstić information content (AvgIpc) is 2.67. The van der Waals surface area contributed by atoms with E-state index in [1.165, 1.54) is 0 Å². The maximum Gasteiger partial charge on any atom is 0.226 e. The van der Waals surface area contributed by atoms with E-state index in [2.05, 4.69) is 22.9 Å². The topological polar surface area (TPSA) is 70.2 Å². The minimum Gasteiger partial charge on any atom is -0.332 e. The Morgan fingerprint density at radius 3 is 2.38 bits per heavy atom. The summed E-state index contributed by atoms with van der Waals surface area (Å²) in [6.45, 7) is 2.10. The largest absolute Gasteiger partial charge is 0.332 e. The van der Waals surface area contributed by atoms with Gasteiger partial charge < -0.3 is 16.0 Å². The molecule has 0 fully saturated rings. The number of hydrogen-bond donors (Lipinski definition) is 3. The molecule has 0 aliphatic rings. The van der Waals surface area contributed by atoms with E-state index in [9.17, 15) is 9.59 Å². The van der Waals surface area contributed by atoms with Gasteiger partial charge in [0.15, 0.2) is 5.11 Å². The lowest BCUT2D eigenvalue weighted by Gasteiger charge is -2.11. The second kappa shape index (κ2) is 12.2. The van der Waals surface area contributed by atoms with Crippen LogP contribution in [0.25, 0.3) is 0 Å². The van der Waals surface area contributed by atoms with E-state index >= 15 is 0 Å². The fraction of sp³-hybridized carbons (Fsp3) is 0.318. The van der Waals surface area contributed by atoms with Crippen molar-refractivity contribution in [3.63, 3.8) is 0 Å². The van der Waals surface area contributed by atoms with E-state index in [0.29, 0.717) is 29.2 Å². The predicted octanol–water partition coefficient (Wildman–Crippen LogP) is 5.30. The summed E-state index contributed by atoms with van der Waals surface area (Å²) in [5, 5.41) is 9.37. The number of unbranched alkanes of at least 4 members (excludes halogenated alkanes) is 2. The lowest BCUT2D eigenvalue weighted by atomic mass is 10.1. The van der Waals surface area contributed by atoms with Gasteiger partial charge in [0.2, 0.25) is 11.8 Å². The molecule has 7 heteroatoms. The highest BCUT2D eigenvalue weighted by atomic mass is 35.5. The van der Waals surface area contributed by atoms with Crippen molar-refractivity contribution >= 4 is 52.1 Å². The van der Waals surface area contributed by atoms with Gasteiger partial charge >= 0.3 is 0 Å². The third-order valence-electron chi connectivity index (χ3n) is 4.24. The van der Waals surface area contributed by atoms with Crippen LogP contribution in [0.4, 0.5) is 11.4 Å². The van der Waals surface area contributed by atoms with Gasteiger partial charge in [-0.05, 0) is 54.9 Å². The molecular weight excluding hydrogens is 406 g/mol. The number of benzene rings is 2. The van der Waals surface area contributed by atoms with E-state index in [1.54, 1.807) is 12.1 Å². The van der Waals surface area contributed by atoms with Gasteiger partial charge in [0.25, 0.3) is 0 Å². The molecule has 0 aliphatic heterocycles. The summed E-state index contributed by atoms with van der Waals surface area (Å²) in [4.78, 5) is 24.1. The van der Waals surface area contributed by atoms with Crippen LogP contribution >= 0.6 is 23.8 Å². The summed E-state index contributed by atoms with van der Waals surface area (Å²) in [7, 11) is 0. The van der Waals surface area contributed by atoms with Crippen molar-refractivity contribution in [3.05, 3.63) is 59.1 Å². The number of carbonyl (C=O) groups excluding carboxylic acids is 2. The number of nitrogens with one attached hydrogen (secondary N) is 3. The number of amides is 2. The van der Waals surface area contributed by atoms with Crippen LogP contribution in [0.1, 0.15) is 44.6 Å². The molecule has 0 bridgehead atoms. The average molecular weight is 432 g/mol. The summed E-state index contributed by atoms with van der Waals surface area (Å²) < 4.78 is 0. The normalized spacial score (nSPS) is 10.3. The number of anilines is 2. The molecule has 2 aromatic rings. The maximum atomic E-state index is 12.1. The molecule has 0 heterocycles. The first kappa shape index (κ1) is 22.8. The molecule has 0 radical (unpaired) electrons. The lowest BCUT2D eigenvalue weighted by Crippen LogP contribution is -2.34. The molecule has 0 saturated heterocycles. The Morgan fingerprint density at radius 2 is 1.66 bits per heavy atom. The molecule has 2 rings (SSSR count). The molecule has 2 amide bonds. The number of aryl methyl sites for hydroxylation is 1. The lowest BCUT2D eigenvalue weighted by molar-refractivity contribution is -0.119. The third-order valence-corrected chi connectivity index (χ3v) is 4.82. The van der Waals surface area contributed by atoms with E-state index in [1.807, 2.05) is 36.4 Å². The second-order valence-electron chi connectivity index (χ2n) is 6.68. The number of thiocarbonyl (C=S) groups is 1. The summed E-state index contributed by atoms with van der Waals surface area (Å²) in [5.41, 5.74) is 2.29. The second-order valence-corrected chi connectivity index (χ2v) is 7.50. The minimum atomic E-state index is -0.192. The van der Waals surface area contributed by atoms with Crippen molar-refractivity contribution in [2.75, 3.05) is 10.6 Å². The number of halogens is 1. The molecule has 0 aromatic heterocycles. The van der Waals surface area contributed by atoms with Gasteiger partial charge in [-0.2, -0.15) is 0 Å². The van der Waals surface area contributed by atoms with Crippen molar-refractivity contribution in [1.82, 2.24) is 5.32 Å². The molecule has 0 saturated carbocycles. The first-order valence-corrected chi connectivity index (χ1v) is 10.5.